The maximum absolute atomic E-state index is 12.3. The van der Waals surface area contributed by atoms with Gasteiger partial charge in [-0.25, -0.2) is 0 Å². The molecular formula is C16H19NO5. The van der Waals surface area contributed by atoms with Gasteiger partial charge < -0.3 is 25.4 Å². The van der Waals surface area contributed by atoms with E-state index in [0.717, 1.165) is 11.3 Å². The maximum atomic E-state index is 12.3. The van der Waals surface area contributed by atoms with Crippen molar-refractivity contribution in [3.63, 3.8) is 0 Å². The summed E-state index contributed by atoms with van der Waals surface area (Å²) in [7, 11) is 0. The maximum Gasteiger partial charge on any atom is 0.247 e. The first-order chi connectivity index (χ1) is 10.6. The van der Waals surface area contributed by atoms with E-state index in [0.29, 0.717) is 13.0 Å². The lowest BCUT2D eigenvalue weighted by Crippen LogP contribution is -2.43. The predicted molar refractivity (Wildman–Crippen MR) is 78.2 cm³/mol. The number of aliphatic hydroxyl groups excluding tert-OH is 3. The molecule has 22 heavy (non-hydrogen) atoms. The second-order valence-electron chi connectivity index (χ2n) is 5.65. The monoisotopic (exact) mass is 305 g/mol. The van der Waals surface area contributed by atoms with E-state index in [-0.39, 0.29) is 23.9 Å². The highest BCUT2D eigenvalue weighted by molar-refractivity contribution is 5.94. The third-order valence-corrected chi connectivity index (χ3v) is 4.10. The number of benzene rings is 1. The minimum atomic E-state index is -1.25. The fraction of sp³-hybridized carbons (Fsp3) is 0.438. The largest absolute Gasteiger partial charge is 0.493 e. The number of para-hydroxylation sites is 1. The summed E-state index contributed by atoms with van der Waals surface area (Å²) in [5.41, 5.74) is 1.20. The van der Waals surface area contributed by atoms with Crippen LogP contribution in [0.2, 0.25) is 0 Å². The van der Waals surface area contributed by atoms with Gasteiger partial charge in [0.15, 0.2) is 0 Å². The SMILES string of the molecule is O=C(NC1CCOc2ccccc21)C1=C[C@@H](O)[C@@H](O)[C@H](O)C1. The Morgan fingerprint density at radius 1 is 1.23 bits per heavy atom. The first kappa shape index (κ1) is 15.0. The van der Waals surface area contributed by atoms with Gasteiger partial charge in [0.2, 0.25) is 5.91 Å². The molecule has 6 nitrogen and oxygen atoms in total. The molecule has 0 aromatic heterocycles. The van der Waals surface area contributed by atoms with Gasteiger partial charge in [0, 0.05) is 24.0 Å². The molecule has 0 fully saturated rings. The average molecular weight is 305 g/mol. The first-order valence-corrected chi connectivity index (χ1v) is 7.33. The van der Waals surface area contributed by atoms with Gasteiger partial charge in [-0.05, 0) is 12.1 Å². The van der Waals surface area contributed by atoms with Crippen LogP contribution < -0.4 is 10.1 Å². The lowest BCUT2D eigenvalue weighted by atomic mass is 9.91. The van der Waals surface area contributed by atoms with E-state index in [9.17, 15) is 20.1 Å². The number of carbonyl (C=O) groups excluding carboxylic acids is 1. The van der Waals surface area contributed by atoms with E-state index in [1.807, 2.05) is 24.3 Å². The highest BCUT2D eigenvalue weighted by Crippen LogP contribution is 2.32. The van der Waals surface area contributed by atoms with Crippen molar-refractivity contribution in [2.45, 2.75) is 37.2 Å². The Balaban J connectivity index is 1.74. The van der Waals surface area contributed by atoms with Gasteiger partial charge in [0.25, 0.3) is 0 Å². The van der Waals surface area contributed by atoms with Crippen molar-refractivity contribution in [2.75, 3.05) is 6.61 Å². The minimum absolute atomic E-state index is 0.0227. The van der Waals surface area contributed by atoms with Crippen LogP contribution in [0.3, 0.4) is 0 Å². The summed E-state index contributed by atoms with van der Waals surface area (Å²) in [5, 5.41) is 31.7. The second kappa shape index (κ2) is 6.08. The second-order valence-corrected chi connectivity index (χ2v) is 5.65. The van der Waals surface area contributed by atoms with Gasteiger partial charge in [-0.1, -0.05) is 18.2 Å². The summed E-state index contributed by atoms with van der Waals surface area (Å²) >= 11 is 0. The topological polar surface area (TPSA) is 99.0 Å². The Morgan fingerprint density at radius 3 is 2.77 bits per heavy atom. The molecule has 0 radical (unpaired) electrons. The van der Waals surface area contributed by atoms with Gasteiger partial charge in [-0.15, -0.1) is 0 Å². The van der Waals surface area contributed by atoms with Crippen LogP contribution in [0, 0.1) is 0 Å². The molecule has 118 valence electrons. The highest BCUT2D eigenvalue weighted by atomic mass is 16.5. The van der Waals surface area contributed by atoms with Gasteiger partial charge >= 0.3 is 0 Å². The third kappa shape index (κ3) is 2.85. The number of rotatable bonds is 2. The molecule has 1 aliphatic carbocycles. The number of hydrogen-bond acceptors (Lipinski definition) is 5. The van der Waals surface area contributed by atoms with Crippen LogP contribution in [0.15, 0.2) is 35.9 Å². The molecule has 3 rings (SSSR count). The molecule has 4 N–H and O–H groups in total. The lowest BCUT2D eigenvalue weighted by Gasteiger charge is -2.30. The predicted octanol–water partition coefficient (Wildman–Crippen LogP) is 0.0392. The van der Waals surface area contributed by atoms with Crippen LogP contribution in [-0.4, -0.2) is 46.1 Å². The number of nitrogens with one attached hydrogen (secondary N) is 1. The van der Waals surface area contributed by atoms with E-state index in [4.69, 9.17) is 4.74 Å². The Morgan fingerprint density at radius 2 is 2.00 bits per heavy atom. The molecule has 1 aromatic carbocycles. The molecule has 0 saturated carbocycles. The molecule has 1 aromatic rings. The smallest absolute Gasteiger partial charge is 0.247 e. The van der Waals surface area contributed by atoms with Crippen LogP contribution in [0.5, 0.6) is 5.75 Å². The minimum Gasteiger partial charge on any atom is -0.493 e. The summed E-state index contributed by atoms with van der Waals surface area (Å²) in [6.45, 7) is 0.519. The normalized spacial score (nSPS) is 30.8. The summed E-state index contributed by atoms with van der Waals surface area (Å²) in [6.07, 6.45) is -1.63. The van der Waals surface area contributed by atoms with Crippen molar-refractivity contribution in [3.8, 4) is 5.75 Å². The fourth-order valence-corrected chi connectivity index (χ4v) is 2.86. The molecule has 1 unspecified atom stereocenters. The van der Waals surface area contributed by atoms with Crippen molar-refractivity contribution < 1.29 is 24.9 Å². The van der Waals surface area contributed by atoms with Gasteiger partial charge in [0.05, 0.1) is 18.8 Å². The number of ether oxygens (including phenoxy) is 1. The van der Waals surface area contributed by atoms with Gasteiger partial charge in [-0.2, -0.15) is 0 Å². The van der Waals surface area contributed by atoms with Crippen LogP contribution in [0.25, 0.3) is 0 Å². The van der Waals surface area contributed by atoms with E-state index in [1.54, 1.807) is 0 Å². The van der Waals surface area contributed by atoms with E-state index in [1.165, 1.54) is 6.08 Å². The van der Waals surface area contributed by atoms with Gasteiger partial charge in [-0.3, -0.25) is 4.79 Å². The molecule has 6 heteroatoms. The van der Waals surface area contributed by atoms with Crippen molar-refractivity contribution in [1.82, 2.24) is 5.32 Å². The Bertz CT molecular complexity index is 600. The number of amides is 1. The van der Waals surface area contributed by atoms with Crippen LogP contribution in [-0.2, 0) is 4.79 Å². The highest BCUT2D eigenvalue weighted by Gasteiger charge is 2.32. The summed E-state index contributed by atoms with van der Waals surface area (Å²) in [4.78, 5) is 12.3. The van der Waals surface area contributed by atoms with Gasteiger partial charge in [0.1, 0.15) is 18.0 Å². The molecular weight excluding hydrogens is 286 g/mol. The van der Waals surface area contributed by atoms with Crippen molar-refractivity contribution in [3.05, 3.63) is 41.5 Å². The number of aliphatic hydroxyl groups is 3. The van der Waals surface area contributed by atoms with Crippen LogP contribution >= 0.6 is 0 Å². The van der Waals surface area contributed by atoms with E-state index in [2.05, 4.69) is 5.32 Å². The van der Waals surface area contributed by atoms with E-state index < -0.39 is 18.3 Å². The average Bonchev–Trinajstić information content (AvgIpc) is 2.52. The van der Waals surface area contributed by atoms with Crippen molar-refractivity contribution >= 4 is 5.91 Å². The first-order valence-electron chi connectivity index (χ1n) is 7.33. The Hall–Kier alpha value is -1.89. The zero-order valence-corrected chi connectivity index (χ0v) is 12.0. The molecule has 0 bridgehead atoms. The molecule has 0 saturated heterocycles. The number of carbonyl (C=O) groups is 1. The summed E-state index contributed by atoms with van der Waals surface area (Å²) in [6, 6.07) is 7.36. The fourth-order valence-electron chi connectivity index (χ4n) is 2.86. The Kier molecular flexibility index (Phi) is 4.15. The van der Waals surface area contributed by atoms with Crippen molar-refractivity contribution in [2.24, 2.45) is 0 Å². The number of fused-ring (bicyclic) bond motifs is 1. The standard InChI is InChI=1S/C16H19NO5/c18-12-7-9(8-13(19)15(12)20)16(21)17-11-5-6-22-14-4-2-1-3-10(11)14/h1-4,7,11-13,15,18-20H,5-6,8H2,(H,17,21)/t11?,12-,13-,15-/m1/s1. The summed E-state index contributed by atoms with van der Waals surface area (Å²) < 4.78 is 5.55. The molecule has 1 aliphatic heterocycles. The molecule has 1 amide bonds. The molecule has 0 spiro atoms. The molecule has 1 heterocycles. The third-order valence-electron chi connectivity index (χ3n) is 4.10. The quantitative estimate of drug-likeness (QED) is 0.618. The zero-order valence-electron chi connectivity index (χ0n) is 12.0. The number of hydrogen-bond donors (Lipinski definition) is 4. The zero-order chi connectivity index (χ0) is 15.7. The summed E-state index contributed by atoms with van der Waals surface area (Å²) in [5.74, 6) is 0.416. The molecule has 2 aliphatic rings. The Labute approximate surface area is 128 Å². The lowest BCUT2D eigenvalue weighted by molar-refractivity contribution is -0.120. The molecule has 4 atom stereocenters. The van der Waals surface area contributed by atoms with Crippen LogP contribution in [0.4, 0.5) is 0 Å². The van der Waals surface area contributed by atoms with E-state index >= 15 is 0 Å². The van der Waals surface area contributed by atoms with Crippen molar-refractivity contribution in [1.29, 1.82) is 0 Å². The van der Waals surface area contributed by atoms with Crippen LogP contribution in [0.1, 0.15) is 24.4 Å².